The molecule has 1 saturated heterocycles. The number of carbonyl (C=O) groups excluding carboxylic acids is 1. The number of anilines is 1. The van der Waals surface area contributed by atoms with Gasteiger partial charge in [-0.15, -0.1) is 11.3 Å². The van der Waals surface area contributed by atoms with Gasteiger partial charge in [0.25, 0.3) is 0 Å². The number of hydrogen-bond acceptors (Lipinski definition) is 6. The molecule has 1 amide bonds. The summed E-state index contributed by atoms with van der Waals surface area (Å²) in [6, 6.07) is 0. The minimum atomic E-state index is -0.480. The van der Waals surface area contributed by atoms with Crippen molar-refractivity contribution in [3.63, 3.8) is 0 Å². The van der Waals surface area contributed by atoms with Crippen LogP contribution in [0.5, 0.6) is 0 Å². The van der Waals surface area contributed by atoms with Crippen molar-refractivity contribution in [2.45, 2.75) is 40.2 Å². The number of halogens is 1. The third-order valence-electron chi connectivity index (χ3n) is 4.21. The molecular weight excluding hydrogens is 360 g/mol. The molecule has 0 aromatic carbocycles. The van der Waals surface area contributed by atoms with Gasteiger partial charge in [-0.1, -0.05) is 0 Å². The lowest BCUT2D eigenvalue weighted by atomic mass is 10.2. The fourth-order valence-electron chi connectivity index (χ4n) is 2.86. The molecule has 1 aliphatic rings. The first-order valence-corrected chi connectivity index (χ1v) is 9.51. The van der Waals surface area contributed by atoms with Crippen LogP contribution in [-0.2, 0) is 4.74 Å². The van der Waals surface area contributed by atoms with Crippen molar-refractivity contribution >= 4 is 45.1 Å². The Balaban J connectivity index is 1.80. The molecular formula is C17H23ClN4O2S. The molecule has 136 valence electrons. The molecule has 2 aromatic rings. The molecule has 0 aliphatic carbocycles. The first-order chi connectivity index (χ1) is 11.7. The number of thiophene rings is 1. The Morgan fingerprint density at radius 2 is 1.80 bits per heavy atom. The number of ether oxygens (including phenoxy) is 1. The lowest BCUT2D eigenvalue weighted by Gasteiger charge is -2.36. The van der Waals surface area contributed by atoms with Gasteiger partial charge >= 0.3 is 6.09 Å². The highest BCUT2D eigenvalue weighted by molar-refractivity contribution is 7.18. The average molecular weight is 383 g/mol. The lowest BCUT2D eigenvalue weighted by molar-refractivity contribution is 0.0240. The molecule has 0 N–H and O–H groups in total. The summed E-state index contributed by atoms with van der Waals surface area (Å²) < 4.78 is 5.45. The van der Waals surface area contributed by atoms with E-state index in [2.05, 4.69) is 28.7 Å². The SMILES string of the molecule is Cc1sc2nc(Cl)nc(N3CCN(C(=O)OC(C)(C)C)CC3)c2c1C. The van der Waals surface area contributed by atoms with Crippen molar-refractivity contribution in [3.05, 3.63) is 15.7 Å². The van der Waals surface area contributed by atoms with Crippen LogP contribution in [0.4, 0.5) is 10.6 Å². The van der Waals surface area contributed by atoms with Crippen LogP contribution in [0.25, 0.3) is 10.2 Å². The van der Waals surface area contributed by atoms with Crippen LogP contribution in [0.3, 0.4) is 0 Å². The Morgan fingerprint density at radius 3 is 2.40 bits per heavy atom. The maximum absolute atomic E-state index is 12.2. The molecule has 0 spiro atoms. The van der Waals surface area contributed by atoms with Crippen molar-refractivity contribution in [2.24, 2.45) is 0 Å². The van der Waals surface area contributed by atoms with E-state index >= 15 is 0 Å². The maximum atomic E-state index is 12.2. The molecule has 25 heavy (non-hydrogen) atoms. The van der Waals surface area contributed by atoms with E-state index in [1.807, 2.05) is 20.8 Å². The van der Waals surface area contributed by atoms with Crippen molar-refractivity contribution < 1.29 is 9.53 Å². The summed E-state index contributed by atoms with van der Waals surface area (Å²) in [7, 11) is 0. The molecule has 2 aromatic heterocycles. The van der Waals surface area contributed by atoms with Crippen LogP contribution in [0.15, 0.2) is 0 Å². The van der Waals surface area contributed by atoms with Gasteiger partial charge in [-0.05, 0) is 51.8 Å². The van der Waals surface area contributed by atoms with Gasteiger partial charge in [0.15, 0.2) is 0 Å². The molecule has 8 heteroatoms. The van der Waals surface area contributed by atoms with Gasteiger partial charge in [0.05, 0.1) is 5.39 Å². The summed E-state index contributed by atoms with van der Waals surface area (Å²) in [5, 5.41) is 1.33. The third kappa shape index (κ3) is 3.82. The fourth-order valence-corrected chi connectivity index (χ4v) is 4.10. The van der Waals surface area contributed by atoms with E-state index in [4.69, 9.17) is 16.3 Å². The number of amides is 1. The van der Waals surface area contributed by atoms with Crippen LogP contribution >= 0.6 is 22.9 Å². The minimum absolute atomic E-state index is 0.262. The zero-order chi connectivity index (χ0) is 18.4. The summed E-state index contributed by atoms with van der Waals surface area (Å²) in [4.78, 5) is 27.1. The van der Waals surface area contributed by atoms with Gasteiger partial charge in [-0.25, -0.2) is 9.78 Å². The van der Waals surface area contributed by atoms with E-state index in [1.54, 1.807) is 16.2 Å². The monoisotopic (exact) mass is 382 g/mol. The van der Waals surface area contributed by atoms with Crippen molar-refractivity contribution in [2.75, 3.05) is 31.1 Å². The predicted molar refractivity (Wildman–Crippen MR) is 102 cm³/mol. The molecule has 0 bridgehead atoms. The topological polar surface area (TPSA) is 58.6 Å². The first-order valence-electron chi connectivity index (χ1n) is 8.32. The summed E-state index contributed by atoms with van der Waals surface area (Å²) in [6.07, 6.45) is -0.263. The largest absolute Gasteiger partial charge is 0.444 e. The van der Waals surface area contributed by atoms with Crippen molar-refractivity contribution in [1.29, 1.82) is 0 Å². The van der Waals surface area contributed by atoms with E-state index in [-0.39, 0.29) is 11.4 Å². The zero-order valence-electron chi connectivity index (χ0n) is 15.2. The molecule has 1 aliphatic heterocycles. The number of aromatic nitrogens is 2. The molecule has 3 heterocycles. The molecule has 1 fully saturated rings. The van der Waals surface area contributed by atoms with Crippen LogP contribution in [-0.4, -0.2) is 52.7 Å². The number of aryl methyl sites for hydroxylation is 2. The van der Waals surface area contributed by atoms with Gasteiger partial charge in [-0.3, -0.25) is 0 Å². The second-order valence-corrected chi connectivity index (χ2v) is 8.78. The third-order valence-corrected chi connectivity index (χ3v) is 5.48. The average Bonchev–Trinajstić information content (AvgIpc) is 2.79. The molecule has 0 saturated carbocycles. The van der Waals surface area contributed by atoms with Crippen LogP contribution in [0, 0.1) is 13.8 Å². The minimum Gasteiger partial charge on any atom is -0.444 e. The van der Waals surface area contributed by atoms with Gasteiger partial charge < -0.3 is 14.5 Å². The second kappa shape index (κ2) is 6.61. The Hall–Kier alpha value is -1.60. The normalized spacial score (nSPS) is 15.8. The number of rotatable bonds is 1. The Labute approximate surface area is 156 Å². The van der Waals surface area contributed by atoms with Crippen LogP contribution < -0.4 is 4.90 Å². The summed E-state index contributed by atoms with van der Waals surface area (Å²) in [5.74, 6) is 0.862. The predicted octanol–water partition coefficient (Wildman–Crippen LogP) is 4.02. The van der Waals surface area contributed by atoms with Gasteiger partial charge in [0.1, 0.15) is 16.2 Å². The van der Waals surface area contributed by atoms with Crippen LogP contribution in [0.1, 0.15) is 31.2 Å². The van der Waals surface area contributed by atoms with E-state index < -0.39 is 5.60 Å². The van der Waals surface area contributed by atoms with E-state index in [0.717, 1.165) is 16.0 Å². The van der Waals surface area contributed by atoms with E-state index in [0.29, 0.717) is 26.2 Å². The van der Waals surface area contributed by atoms with Gasteiger partial charge in [0, 0.05) is 31.1 Å². The molecule has 3 rings (SSSR count). The van der Waals surface area contributed by atoms with Crippen molar-refractivity contribution in [3.8, 4) is 0 Å². The van der Waals surface area contributed by atoms with Crippen LogP contribution in [0.2, 0.25) is 5.28 Å². The Kier molecular flexibility index (Phi) is 4.81. The highest BCUT2D eigenvalue weighted by Crippen LogP contribution is 2.36. The van der Waals surface area contributed by atoms with Gasteiger partial charge in [-0.2, -0.15) is 4.98 Å². The number of piperazine rings is 1. The van der Waals surface area contributed by atoms with E-state index in [1.165, 1.54) is 10.4 Å². The second-order valence-electron chi connectivity index (χ2n) is 7.23. The Morgan fingerprint density at radius 1 is 1.16 bits per heavy atom. The first kappa shape index (κ1) is 18.2. The van der Waals surface area contributed by atoms with Crippen molar-refractivity contribution in [1.82, 2.24) is 14.9 Å². The fraction of sp³-hybridized carbons (Fsp3) is 0.588. The lowest BCUT2D eigenvalue weighted by Crippen LogP contribution is -2.50. The summed E-state index contributed by atoms with van der Waals surface area (Å²) >= 11 is 7.77. The maximum Gasteiger partial charge on any atom is 0.410 e. The summed E-state index contributed by atoms with van der Waals surface area (Å²) in [6.45, 7) is 12.4. The summed E-state index contributed by atoms with van der Waals surface area (Å²) in [5.41, 5.74) is 0.715. The number of hydrogen-bond donors (Lipinski definition) is 0. The number of carbonyl (C=O) groups is 1. The Bertz CT molecular complexity index is 807. The standard InChI is InChI=1S/C17H23ClN4O2S/c1-10-11(2)25-14-12(10)13(19-15(18)20-14)21-6-8-22(9-7-21)16(23)24-17(3,4)5/h6-9H2,1-5H3. The number of nitrogens with zero attached hydrogens (tertiary/aromatic N) is 4. The zero-order valence-corrected chi connectivity index (χ0v) is 16.8. The molecule has 0 atom stereocenters. The highest BCUT2D eigenvalue weighted by atomic mass is 35.5. The van der Waals surface area contributed by atoms with Gasteiger partial charge in [0.2, 0.25) is 5.28 Å². The van der Waals surface area contributed by atoms with E-state index in [9.17, 15) is 4.79 Å². The molecule has 6 nitrogen and oxygen atoms in total. The number of fused-ring (bicyclic) bond motifs is 1. The smallest absolute Gasteiger partial charge is 0.410 e. The quantitative estimate of drug-likeness (QED) is 0.697. The highest BCUT2D eigenvalue weighted by Gasteiger charge is 2.28. The molecule has 0 radical (unpaired) electrons. The molecule has 0 unspecified atom stereocenters.